The van der Waals surface area contributed by atoms with Crippen molar-refractivity contribution >= 4 is 49.0 Å². The van der Waals surface area contributed by atoms with Gasteiger partial charge in [0.15, 0.2) is 6.20 Å². The second kappa shape index (κ2) is 4.71. The molecule has 0 aliphatic heterocycles. The van der Waals surface area contributed by atoms with Gasteiger partial charge in [0.05, 0.1) is 27.3 Å². The first kappa shape index (κ1) is 14.9. The van der Waals surface area contributed by atoms with Gasteiger partial charge < -0.3 is 4.40 Å². The van der Waals surface area contributed by atoms with Crippen molar-refractivity contribution in [2.24, 2.45) is 7.05 Å². The number of benzene rings is 3. The number of pyridine rings is 2. The highest BCUT2D eigenvalue weighted by Gasteiger charge is 2.25. The van der Waals surface area contributed by atoms with Crippen LogP contribution in [0, 0.1) is 18.6 Å². The van der Waals surface area contributed by atoms with Crippen LogP contribution >= 0.6 is 0 Å². The maximum atomic E-state index is 14.9. The second-order valence-electron chi connectivity index (χ2n) is 7.29. The Morgan fingerprint density at radius 1 is 0.889 bits per heavy atom. The predicted octanol–water partition coefficient (Wildman–Crippen LogP) is 5.40. The summed E-state index contributed by atoms with van der Waals surface area (Å²) in [6, 6.07) is 14.2. The fourth-order valence-corrected chi connectivity index (χ4v) is 4.68. The van der Waals surface area contributed by atoms with Gasteiger partial charge in [-0.15, -0.1) is 0 Å². The predicted molar refractivity (Wildman–Crippen MR) is 104 cm³/mol. The molecule has 0 unspecified atom stereocenters. The molecule has 2 nitrogen and oxygen atoms in total. The molecule has 0 amide bonds. The van der Waals surface area contributed by atoms with E-state index in [1.54, 1.807) is 12.1 Å². The molecule has 0 fully saturated rings. The number of aryl methyl sites for hydroxylation is 2. The van der Waals surface area contributed by atoms with Crippen molar-refractivity contribution in [1.29, 1.82) is 0 Å². The number of para-hydroxylation sites is 1. The van der Waals surface area contributed by atoms with Gasteiger partial charge in [-0.1, -0.05) is 24.3 Å². The molecule has 0 atom stereocenters. The number of rotatable bonds is 0. The molecule has 6 rings (SSSR count). The average molecular weight is 357 g/mol. The van der Waals surface area contributed by atoms with E-state index in [9.17, 15) is 8.78 Å². The Labute approximate surface area is 153 Å². The highest BCUT2D eigenvalue weighted by molar-refractivity contribution is 6.25. The minimum atomic E-state index is -0.320. The molecule has 0 radical (unpaired) electrons. The molecule has 3 heterocycles. The van der Waals surface area contributed by atoms with E-state index in [4.69, 9.17) is 0 Å². The maximum Gasteiger partial charge on any atom is 0.224 e. The molecule has 3 aromatic heterocycles. The quantitative estimate of drug-likeness (QED) is 0.195. The van der Waals surface area contributed by atoms with Crippen molar-refractivity contribution in [2.75, 3.05) is 0 Å². The van der Waals surface area contributed by atoms with Crippen LogP contribution in [0.5, 0.6) is 0 Å². The van der Waals surface area contributed by atoms with Gasteiger partial charge in [0.2, 0.25) is 5.52 Å². The van der Waals surface area contributed by atoms with Crippen LogP contribution in [0.3, 0.4) is 0 Å². The lowest BCUT2D eigenvalue weighted by molar-refractivity contribution is -0.643. The van der Waals surface area contributed by atoms with E-state index in [1.807, 2.05) is 35.8 Å². The second-order valence-corrected chi connectivity index (χ2v) is 7.29. The van der Waals surface area contributed by atoms with Crippen LogP contribution in [0.2, 0.25) is 0 Å². The third-order valence-corrected chi connectivity index (χ3v) is 5.77. The number of aromatic nitrogens is 2. The summed E-state index contributed by atoms with van der Waals surface area (Å²) in [7, 11) is 2.00. The number of halogens is 2. The molecular weight excluding hydrogens is 342 g/mol. The number of hydrogen-bond donors (Lipinski definition) is 0. The van der Waals surface area contributed by atoms with Gasteiger partial charge in [-0.3, -0.25) is 0 Å². The molecular formula is C23H15F2N2+. The molecule has 6 aromatic rings. The zero-order chi connectivity index (χ0) is 18.4. The van der Waals surface area contributed by atoms with Gasteiger partial charge in [0.25, 0.3) is 0 Å². The summed E-state index contributed by atoms with van der Waals surface area (Å²) in [5.74, 6) is -0.617. The van der Waals surface area contributed by atoms with Crippen LogP contribution in [0.15, 0.2) is 54.7 Å². The molecule has 130 valence electrons. The number of nitrogens with zero attached hydrogens (tertiary/aromatic N) is 2. The van der Waals surface area contributed by atoms with Crippen molar-refractivity contribution < 1.29 is 13.3 Å². The van der Waals surface area contributed by atoms with Gasteiger partial charge in [-0.2, -0.15) is 0 Å². The first-order chi connectivity index (χ1) is 13.1. The van der Waals surface area contributed by atoms with E-state index in [-0.39, 0.29) is 11.6 Å². The molecule has 0 bridgehead atoms. The molecule has 0 saturated carbocycles. The lowest BCUT2D eigenvalue weighted by Gasteiger charge is -2.13. The van der Waals surface area contributed by atoms with Gasteiger partial charge >= 0.3 is 0 Å². The van der Waals surface area contributed by atoms with Gasteiger partial charge in [0.1, 0.15) is 18.7 Å². The first-order valence-corrected chi connectivity index (χ1v) is 8.91. The zero-order valence-corrected chi connectivity index (χ0v) is 14.8. The molecule has 3 aromatic carbocycles. The Kier molecular flexibility index (Phi) is 2.59. The molecule has 0 saturated heterocycles. The lowest BCUT2D eigenvalue weighted by atomic mass is 10.00. The molecule has 0 spiro atoms. The van der Waals surface area contributed by atoms with Crippen molar-refractivity contribution in [3.05, 3.63) is 71.9 Å². The highest BCUT2D eigenvalue weighted by atomic mass is 19.1. The number of hydrogen-bond acceptors (Lipinski definition) is 0. The zero-order valence-electron chi connectivity index (χ0n) is 14.8. The third kappa shape index (κ3) is 1.66. The van der Waals surface area contributed by atoms with Crippen molar-refractivity contribution in [2.45, 2.75) is 6.92 Å². The van der Waals surface area contributed by atoms with E-state index >= 15 is 0 Å². The summed E-state index contributed by atoms with van der Waals surface area (Å²) in [6.45, 7) is 2.07. The minimum absolute atomic E-state index is 0.298. The Bertz CT molecular complexity index is 1560. The largest absolute Gasteiger partial charge is 0.305 e. The minimum Gasteiger partial charge on any atom is -0.305 e. The summed E-state index contributed by atoms with van der Waals surface area (Å²) in [5.41, 5.74) is 4.30. The summed E-state index contributed by atoms with van der Waals surface area (Å²) in [6.07, 6.45) is 1.96. The highest BCUT2D eigenvalue weighted by Crippen LogP contribution is 2.41. The van der Waals surface area contributed by atoms with E-state index in [0.29, 0.717) is 11.0 Å². The Morgan fingerprint density at radius 2 is 1.70 bits per heavy atom. The van der Waals surface area contributed by atoms with Crippen molar-refractivity contribution in [3.8, 4) is 0 Å². The summed E-state index contributed by atoms with van der Waals surface area (Å²) >= 11 is 0. The summed E-state index contributed by atoms with van der Waals surface area (Å²) in [5, 5.41) is 4.68. The smallest absolute Gasteiger partial charge is 0.224 e. The van der Waals surface area contributed by atoms with Crippen molar-refractivity contribution in [3.63, 3.8) is 0 Å². The Balaban J connectivity index is 2.17. The van der Waals surface area contributed by atoms with Crippen LogP contribution in [0.25, 0.3) is 49.0 Å². The van der Waals surface area contributed by atoms with Crippen LogP contribution in [-0.4, -0.2) is 4.40 Å². The lowest BCUT2D eigenvalue weighted by Crippen LogP contribution is -2.29. The van der Waals surface area contributed by atoms with Gasteiger partial charge in [-0.25, -0.2) is 13.3 Å². The van der Waals surface area contributed by atoms with Crippen LogP contribution in [0.1, 0.15) is 5.56 Å². The first-order valence-electron chi connectivity index (χ1n) is 8.91. The number of fused-ring (bicyclic) bond motifs is 5. The maximum absolute atomic E-state index is 14.9. The van der Waals surface area contributed by atoms with E-state index in [2.05, 4.69) is 17.6 Å². The van der Waals surface area contributed by atoms with E-state index < -0.39 is 0 Å². The molecule has 0 aliphatic carbocycles. The van der Waals surface area contributed by atoms with Gasteiger partial charge in [-0.05, 0) is 36.1 Å². The molecule has 0 N–H and O–H groups in total. The summed E-state index contributed by atoms with van der Waals surface area (Å²) < 4.78 is 33.4. The van der Waals surface area contributed by atoms with Crippen LogP contribution in [0.4, 0.5) is 8.78 Å². The fraction of sp³-hybridized carbons (Fsp3) is 0.0870. The molecule has 0 aliphatic rings. The molecule has 4 heteroatoms. The fourth-order valence-electron chi connectivity index (χ4n) is 4.68. The van der Waals surface area contributed by atoms with Crippen LogP contribution < -0.4 is 4.57 Å². The SMILES string of the molecule is Cc1ccc2c3cccc(F)c3n3c4cc(F)cc5cc[n+](C)c(c1c23)c54. The summed E-state index contributed by atoms with van der Waals surface area (Å²) in [4.78, 5) is 0. The van der Waals surface area contributed by atoms with Crippen molar-refractivity contribution in [1.82, 2.24) is 4.40 Å². The topological polar surface area (TPSA) is 8.29 Å². The third-order valence-electron chi connectivity index (χ3n) is 5.77. The monoisotopic (exact) mass is 357 g/mol. The van der Waals surface area contributed by atoms with E-state index in [0.717, 1.165) is 43.5 Å². The Morgan fingerprint density at radius 3 is 2.56 bits per heavy atom. The van der Waals surface area contributed by atoms with E-state index in [1.165, 1.54) is 12.1 Å². The van der Waals surface area contributed by atoms with Crippen LogP contribution in [-0.2, 0) is 7.05 Å². The normalized spacial score (nSPS) is 12.4. The van der Waals surface area contributed by atoms with Gasteiger partial charge in [0, 0.05) is 16.8 Å². The average Bonchev–Trinajstić information content (AvgIpc) is 2.98. The standard InChI is InChI=1S/C23H15F2N2/c1-12-6-7-16-15-4-3-5-17(25)21(15)27-18-11-14(24)10-13-8-9-26(2)23(20(13)18)19(12)22(16)27/h3-11H,1-2H3/q+1. The Hall–Kier alpha value is -3.27. The molecule has 27 heavy (non-hydrogen) atoms.